The van der Waals surface area contributed by atoms with E-state index in [-0.39, 0.29) is 17.1 Å². The summed E-state index contributed by atoms with van der Waals surface area (Å²) in [7, 11) is -2.07. The van der Waals surface area contributed by atoms with Gasteiger partial charge in [-0.05, 0) is 43.3 Å². The van der Waals surface area contributed by atoms with Crippen LogP contribution in [0.15, 0.2) is 54.6 Å². The molecule has 0 unspecified atom stereocenters. The maximum Gasteiger partial charge on any atom is 0.338 e. The number of carbonyl (C=O) groups is 2. The van der Waals surface area contributed by atoms with Crippen molar-refractivity contribution in [3.63, 3.8) is 0 Å². The van der Waals surface area contributed by atoms with E-state index in [2.05, 4.69) is 33.9 Å². The fourth-order valence-corrected chi connectivity index (χ4v) is 3.27. The predicted octanol–water partition coefficient (Wildman–Crippen LogP) is 4.93. The normalized spacial score (nSPS) is 15.2. The van der Waals surface area contributed by atoms with Crippen LogP contribution in [0, 0.1) is 0 Å². The van der Waals surface area contributed by atoms with E-state index >= 15 is 0 Å². The third-order valence-electron chi connectivity index (χ3n) is 4.60. The molecule has 2 atom stereocenters. The Bertz CT molecular complexity index is 642. The molecule has 0 aliphatic rings. The van der Waals surface area contributed by atoms with Crippen LogP contribution in [0.5, 0.6) is 0 Å². The van der Waals surface area contributed by atoms with Gasteiger partial charge >= 0.3 is 5.97 Å². The molecule has 142 valence electrons. The van der Waals surface area contributed by atoms with Crippen molar-refractivity contribution in [1.82, 2.24) is 0 Å². The minimum absolute atomic E-state index is 0.0287. The molecule has 0 N–H and O–H groups in total. The van der Waals surface area contributed by atoms with Gasteiger partial charge in [0.2, 0.25) is 0 Å². The Kier molecular flexibility index (Phi) is 8.18. The number of allylic oxidation sites excluding steroid dienone is 3. The molecule has 1 aromatic carbocycles. The highest BCUT2D eigenvalue weighted by molar-refractivity contribution is 6.74. The van der Waals surface area contributed by atoms with Crippen LogP contribution in [0.1, 0.15) is 38.1 Å². The standard InChI is InChI=1S/C21H30O4Si/c1-17(24-20(23)18-13-9-7-10-14-18)19(15-11-8-12-16-22)25-26(5,6)21(2,3)4/h7-17,19H,1-6H3/b12-8+,15-11+/t17-,19+/m1/s1. The Balaban J connectivity index is 2.95. The fourth-order valence-electron chi connectivity index (χ4n) is 1.97. The summed E-state index contributed by atoms with van der Waals surface area (Å²) >= 11 is 0. The molecule has 5 heteroatoms. The molecule has 0 saturated heterocycles. The van der Waals surface area contributed by atoms with Gasteiger partial charge in [0.15, 0.2) is 8.32 Å². The van der Waals surface area contributed by atoms with Crippen molar-refractivity contribution in [2.45, 2.75) is 58.0 Å². The van der Waals surface area contributed by atoms with Crippen molar-refractivity contribution in [1.29, 1.82) is 0 Å². The third kappa shape index (κ3) is 6.73. The van der Waals surface area contributed by atoms with Crippen LogP contribution in [0.25, 0.3) is 0 Å². The number of hydrogen-bond donors (Lipinski definition) is 0. The van der Waals surface area contributed by atoms with Crippen LogP contribution in [-0.4, -0.2) is 32.8 Å². The lowest BCUT2D eigenvalue weighted by atomic mass is 10.2. The monoisotopic (exact) mass is 374 g/mol. The minimum atomic E-state index is -2.07. The van der Waals surface area contributed by atoms with E-state index in [0.29, 0.717) is 11.8 Å². The molecule has 26 heavy (non-hydrogen) atoms. The molecular formula is C21H30O4Si. The molecule has 0 radical (unpaired) electrons. The van der Waals surface area contributed by atoms with Gasteiger partial charge in [0.05, 0.1) is 5.56 Å². The Hall–Kier alpha value is -1.98. The number of carbonyl (C=O) groups excluding carboxylic acids is 2. The zero-order valence-electron chi connectivity index (χ0n) is 16.6. The second-order valence-electron chi connectivity index (χ2n) is 7.73. The molecule has 1 rings (SSSR count). The van der Waals surface area contributed by atoms with Gasteiger partial charge < -0.3 is 9.16 Å². The van der Waals surface area contributed by atoms with Crippen LogP contribution >= 0.6 is 0 Å². The lowest BCUT2D eigenvalue weighted by molar-refractivity contribution is -0.104. The van der Waals surface area contributed by atoms with Crippen molar-refractivity contribution in [2.24, 2.45) is 0 Å². The van der Waals surface area contributed by atoms with E-state index in [4.69, 9.17) is 9.16 Å². The first-order valence-corrected chi connectivity index (χ1v) is 11.7. The van der Waals surface area contributed by atoms with Crippen LogP contribution < -0.4 is 0 Å². The number of hydrogen-bond acceptors (Lipinski definition) is 4. The molecule has 0 heterocycles. The van der Waals surface area contributed by atoms with E-state index in [0.717, 1.165) is 0 Å². The molecule has 0 spiro atoms. The van der Waals surface area contributed by atoms with Crippen LogP contribution in [0.3, 0.4) is 0 Å². The summed E-state index contributed by atoms with van der Waals surface area (Å²) in [6.07, 6.45) is 6.49. The number of rotatable bonds is 8. The Labute approximate surface area is 158 Å². The number of esters is 1. The molecule has 0 aromatic heterocycles. The average molecular weight is 375 g/mol. The molecule has 0 aliphatic carbocycles. The quantitative estimate of drug-likeness (QED) is 0.213. The van der Waals surface area contributed by atoms with Crippen molar-refractivity contribution >= 4 is 20.6 Å². The summed E-state index contributed by atoms with van der Waals surface area (Å²) in [4.78, 5) is 22.8. The molecule has 0 aliphatic heterocycles. The van der Waals surface area contributed by atoms with E-state index in [1.807, 2.05) is 19.1 Å². The van der Waals surface area contributed by atoms with Gasteiger partial charge in [0, 0.05) is 0 Å². The lowest BCUT2D eigenvalue weighted by Gasteiger charge is -2.39. The lowest BCUT2D eigenvalue weighted by Crippen LogP contribution is -2.46. The Morgan fingerprint density at radius 1 is 1.08 bits per heavy atom. The maximum absolute atomic E-state index is 12.3. The van der Waals surface area contributed by atoms with Gasteiger partial charge in [0.25, 0.3) is 0 Å². The van der Waals surface area contributed by atoms with E-state index in [9.17, 15) is 9.59 Å². The van der Waals surface area contributed by atoms with Crippen molar-refractivity contribution < 1.29 is 18.8 Å². The van der Waals surface area contributed by atoms with E-state index in [1.54, 1.807) is 36.4 Å². The van der Waals surface area contributed by atoms with Gasteiger partial charge in [-0.1, -0.05) is 57.2 Å². The van der Waals surface area contributed by atoms with Gasteiger partial charge in [-0.15, -0.1) is 0 Å². The Morgan fingerprint density at radius 3 is 2.23 bits per heavy atom. The summed E-state index contributed by atoms with van der Waals surface area (Å²) in [5.74, 6) is -0.376. The third-order valence-corrected chi connectivity index (χ3v) is 9.08. The molecule has 0 bridgehead atoms. The first-order valence-electron chi connectivity index (χ1n) is 8.81. The number of aldehydes is 1. The molecule has 0 saturated carbocycles. The SMILES string of the molecule is C[C@@H](OC(=O)c1ccccc1)[C@H](/C=C/C=C/C=O)O[Si](C)(C)C(C)(C)C. The number of ether oxygens (including phenoxy) is 1. The van der Waals surface area contributed by atoms with Crippen molar-refractivity contribution in [3.8, 4) is 0 Å². The summed E-state index contributed by atoms with van der Waals surface area (Å²) in [6.45, 7) is 12.6. The zero-order chi connectivity index (χ0) is 19.8. The molecule has 4 nitrogen and oxygen atoms in total. The fraction of sp³-hybridized carbons (Fsp3) is 0.429. The van der Waals surface area contributed by atoms with Crippen LogP contribution in [0.2, 0.25) is 18.1 Å². The van der Waals surface area contributed by atoms with Crippen molar-refractivity contribution in [3.05, 3.63) is 60.2 Å². The smallest absolute Gasteiger partial charge is 0.338 e. The molecule has 0 amide bonds. The Morgan fingerprint density at radius 2 is 1.69 bits per heavy atom. The van der Waals surface area contributed by atoms with Gasteiger partial charge in [-0.3, -0.25) is 4.79 Å². The first-order chi connectivity index (χ1) is 12.1. The molecule has 0 fully saturated rings. The summed E-state index contributed by atoms with van der Waals surface area (Å²) in [5, 5.41) is 0.0287. The second kappa shape index (κ2) is 9.64. The number of benzene rings is 1. The summed E-state index contributed by atoms with van der Waals surface area (Å²) < 4.78 is 12.1. The highest BCUT2D eigenvalue weighted by Gasteiger charge is 2.40. The zero-order valence-corrected chi connectivity index (χ0v) is 17.6. The highest BCUT2D eigenvalue weighted by atomic mass is 28.4. The maximum atomic E-state index is 12.3. The van der Waals surface area contributed by atoms with E-state index in [1.165, 1.54) is 6.08 Å². The largest absolute Gasteiger partial charge is 0.456 e. The van der Waals surface area contributed by atoms with Crippen molar-refractivity contribution in [2.75, 3.05) is 0 Å². The summed E-state index contributed by atoms with van der Waals surface area (Å²) in [6, 6.07) is 8.90. The highest BCUT2D eigenvalue weighted by Crippen LogP contribution is 2.38. The van der Waals surface area contributed by atoms with Crippen LogP contribution in [-0.2, 0) is 14.0 Å². The summed E-state index contributed by atoms with van der Waals surface area (Å²) in [5.41, 5.74) is 0.509. The van der Waals surface area contributed by atoms with Gasteiger partial charge in [0.1, 0.15) is 18.5 Å². The second-order valence-corrected chi connectivity index (χ2v) is 12.5. The average Bonchev–Trinajstić information content (AvgIpc) is 2.57. The minimum Gasteiger partial charge on any atom is -0.456 e. The first kappa shape index (κ1) is 22.1. The molecule has 1 aromatic rings. The predicted molar refractivity (Wildman–Crippen MR) is 108 cm³/mol. The van der Waals surface area contributed by atoms with Gasteiger partial charge in [-0.25, -0.2) is 4.79 Å². The van der Waals surface area contributed by atoms with E-state index < -0.39 is 14.4 Å². The van der Waals surface area contributed by atoms with Crippen LogP contribution in [0.4, 0.5) is 0 Å². The molecular weight excluding hydrogens is 344 g/mol. The topological polar surface area (TPSA) is 52.6 Å². The van der Waals surface area contributed by atoms with Gasteiger partial charge in [-0.2, -0.15) is 0 Å².